The number of carbonyl (C=O) groups excluding carboxylic acids is 1. The van der Waals surface area contributed by atoms with Gasteiger partial charge in [0.05, 0.1) is 13.0 Å². The van der Waals surface area contributed by atoms with Crippen molar-refractivity contribution >= 4 is 35.1 Å². The van der Waals surface area contributed by atoms with Gasteiger partial charge in [0, 0.05) is 35.2 Å². The fraction of sp³-hybridized carbons (Fsp3) is 0.231. The highest BCUT2D eigenvalue weighted by molar-refractivity contribution is 6.30. The van der Waals surface area contributed by atoms with Gasteiger partial charge in [-0.1, -0.05) is 35.3 Å². The molecule has 0 bridgehead atoms. The summed E-state index contributed by atoms with van der Waals surface area (Å²) in [5, 5.41) is 12.9. The SMILES string of the molecule is COc1cc(Cl)ccc1CCNC(=O)c1ccc(Oc2ccc3c(c2)OC(Cl)CC3C(=O)O)cc1. The molecule has 7 nitrogen and oxygen atoms in total. The van der Waals surface area contributed by atoms with Gasteiger partial charge in [-0.05, 0) is 54.4 Å². The largest absolute Gasteiger partial charge is 0.496 e. The number of hydrogen-bond acceptors (Lipinski definition) is 5. The molecule has 3 aromatic rings. The molecule has 1 aliphatic heterocycles. The maximum Gasteiger partial charge on any atom is 0.311 e. The van der Waals surface area contributed by atoms with Gasteiger partial charge in [-0.2, -0.15) is 0 Å². The lowest BCUT2D eigenvalue weighted by atomic mass is 9.93. The third kappa shape index (κ3) is 5.99. The molecular formula is C26H23Cl2NO6. The van der Waals surface area contributed by atoms with E-state index in [1.54, 1.807) is 61.7 Å². The molecule has 0 fully saturated rings. The van der Waals surface area contributed by atoms with Gasteiger partial charge in [0.2, 0.25) is 0 Å². The molecule has 0 saturated heterocycles. The molecule has 0 aliphatic carbocycles. The Morgan fingerprint density at radius 2 is 1.83 bits per heavy atom. The number of carboxylic acid groups (broad SMARTS) is 1. The summed E-state index contributed by atoms with van der Waals surface area (Å²) in [6, 6.07) is 17.1. The van der Waals surface area contributed by atoms with Crippen LogP contribution in [0.3, 0.4) is 0 Å². The highest BCUT2D eigenvalue weighted by Crippen LogP contribution is 2.40. The number of fused-ring (bicyclic) bond motifs is 1. The maximum atomic E-state index is 12.5. The van der Waals surface area contributed by atoms with Crippen LogP contribution in [0.2, 0.25) is 5.02 Å². The Labute approximate surface area is 212 Å². The Hall–Kier alpha value is -3.42. The van der Waals surface area contributed by atoms with Crippen molar-refractivity contribution in [2.45, 2.75) is 24.3 Å². The number of rotatable bonds is 8. The molecule has 0 spiro atoms. The molecule has 1 aliphatic rings. The number of nitrogens with one attached hydrogen (secondary N) is 1. The van der Waals surface area contributed by atoms with E-state index in [1.165, 1.54) is 0 Å². The van der Waals surface area contributed by atoms with E-state index in [2.05, 4.69) is 5.32 Å². The Balaban J connectivity index is 1.36. The van der Waals surface area contributed by atoms with E-state index < -0.39 is 17.5 Å². The van der Waals surface area contributed by atoms with Crippen LogP contribution >= 0.6 is 23.2 Å². The summed E-state index contributed by atoms with van der Waals surface area (Å²) in [5.74, 6) is 0.159. The molecule has 1 amide bonds. The Morgan fingerprint density at radius 1 is 1.09 bits per heavy atom. The summed E-state index contributed by atoms with van der Waals surface area (Å²) in [6.45, 7) is 0.434. The number of hydrogen-bond donors (Lipinski definition) is 2. The molecule has 0 radical (unpaired) electrons. The van der Waals surface area contributed by atoms with E-state index in [0.717, 1.165) is 5.56 Å². The van der Waals surface area contributed by atoms with Crippen molar-refractivity contribution in [1.82, 2.24) is 5.32 Å². The van der Waals surface area contributed by atoms with Crippen LogP contribution in [0.1, 0.15) is 33.8 Å². The van der Waals surface area contributed by atoms with Crippen LogP contribution in [0, 0.1) is 0 Å². The summed E-state index contributed by atoms with van der Waals surface area (Å²) in [7, 11) is 1.58. The minimum atomic E-state index is -0.949. The molecule has 35 heavy (non-hydrogen) atoms. The first-order valence-corrected chi connectivity index (χ1v) is 11.7. The van der Waals surface area contributed by atoms with Crippen LogP contribution in [0.5, 0.6) is 23.0 Å². The number of carbonyl (C=O) groups is 2. The summed E-state index contributed by atoms with van der Waals surface area (Å²) in [4.78, 5) is 24.0. The fourth-order valence-corrected chi connectivity index (χ4v) is 4.28. The first-order chi connectivity index (χ1) is 16.8. The monoisotopic (exact) mass is 515 g/mol. The number of alkyl halides is 1. The molecule has 9 heteroatoms. The molecule has 1 heterocycles. The van der Waals surface area contributed by atoms with Gasteiger partial charge in [0.25, 0.3) is 5.91 Å². The van der Waals surface area contributed by atoms with Crippen molar-refractivity contribution in [3.8, 4) is 23.0 Å². The second-order valence-electron chi connectivity index (χ2n) is 7.94. The lowest BCUT2D eigenvalue weighted by molar-refractivity contribution is -0.139. The Morgan fingerprint density at radius 3 is 2.54 bits per heavy atom. The van der Waals surface area contributed by atoms with E-state index in [-0.39, 0.29) is 12.3 Å². The van der Waals surface area contributed by atoms with Crippen LogP contribution in [0.15, 0.2) is 60.7 Å². The van der Waals surface area contributed by atoms with E-state index in [1.807, 2.05) is 6.07 Å². The van der Waals surface area contributed by atoms with Gasteiger partial charge in [-0.15, -0.1) is 0 Å². The van der Waals surface area contributed by atoms with Crippen LogP contribution in [-0.2, 0) is 11.2 Å². The van der Waals surface area contributed by atoms with E-state index in [4.69, 9.17) is 37.4 Å². The van der Waals surface area contributed by atoms with Crippen molar-refractivity contribution in [1.29, 1.82) is 0 Å². The van der Waals surface area contributed by atoms with Crippen LogP contribution in [-0.4, -0.2) is 36.2 Å². The van der Waals surface area contributed by atoms with Crippen LogP contribution in [0.25, 0.3) is 0 Å². The summed E-state index contributed by atoms with van der Waals surface area (Å²) < 4.78 is 16.8. The van der Waals surface area contributed by atoms with Gasteiger partial charge in [-0.25, -0.2) is 0 Å². The fourth-order valence-electron chi connectivity index (χ4n) is 3.85. The van der Waals surface area contributed by atoms with E-state index >= 15 is 0 Å². The highest BCUT2D eigenvalue weighted by atomic mass is 35.5. The molecule has 3 aromatic carbocycles. The second-order valence-corrected chi connectivity index (χ2v) is 8.87. The number of ether oxygens (including phenoxy) is 3. The normalized spacial score (nSPS) is 16.5. The first-order valence-electron chi connectivity index (χ1n) is 10.9. The molecule has 0 saturated carbocycles. The smallest absolute Gasteiger partial charge is 0.311 e. The van der Waals surface area contributed by atoms with Crippen molar-refractivity contribution in [2.24, 2.45) is 0 Å². The lowest BCUT2D eigenvalue weighted by Gasteiger charge is -2.27. The third-order valence-corrected chi connectivity index (χ3v) is 6.12. The number of carboxylic acids is 1. The Kier molecular flexibility index (Phi) is 7.68. The molecule has 0 aromatic heterocycles. The average Bonchev–Trinajstić information content (AvgIpc) is 2.84. The molecule has 2 unspecified atom stereocenters. The van der Waals surface area contributed by atoms with Crippen molar-refractivity contribution in [3.05, 3.63) is 82.4 Å². The average molecular weight is 516 g/mol. The van der Waals surface area contributed by atoms with Gasteiger partial charge < -0.3 is 24.6 Å². The molecule has 2 atom stereocenters. The predicted molar refractivity (Wildman–Crippen MR) is 132 cm³/mol. The molecule has 182 valence electrons. The molecule has 4 rings (SSSR count). The number of methoxy groups -OCH3 is 1. The van der Waals surface area contributed by atoms with Crippen LogP contribution < -0.4 is 19.5 Å². The predicted octanol–water partition coefficient (Wildman–Crippen LogP) is 5.63. The van der Waals surface area contributed by atoms with Gasteiger partial charge in [-0.3, -0.25) is 9.59 Å². The van der Waals surface area contributed by atoms with Gasteiger partial charge in [0.1, 0.15) is 23.0 Å². The standard InChI is InChI=1S/C26H23Cl2NO6/c1-33-22-12-17(27)5-2-15(22)10-11-29-25(30)16-3-6-18(7-4-16)34-19-8-9-20-21(26(31)32)14-24(28)35-23(20)13-19/h2-9,12-13,21,24H,10-11,14H2,1H3,(H,29,30)(H,31,32). The van der Waals surface area contributed by atoms with Gasteiger partial charge >= 0.3 is 5.97 Å². The lowest BCUT2D eigenvalue weighted by Crippen LogP contribution is -2.25. The van der Waals surface area contributed by atoms with E-state index in [9.17, 15) is 14.7 Å². The summed E-state index contributed by atoms with van der Waals surface area (Å²) in [6.07, 6.45) is 0.792. The zero-order valence-corrected chi connectivity index (χ0v) is 20.3. The number of halogens is 2. The quantitative estimate of drug-likeness (QED) is 0.377. The third-order valence-electron chi connectivity index (χ3n) is 5.62. The zero-order chi connectivity index (χ0) is 24.9. The maximum absolute atomic E-state index is 12.5. The topological polar surface area (TPSA) is 94.1 Å². The zero-order valence-electron chi connectivity index (χ0n) is 18.8. The van der Waals surface area contributed by atoms with Gasteiger partial charge in [0.15, 0.2) is 5.56 Å². The highest BCUT2D eigenvalue weighted by Gasteiger charge is 2.32. The number of aliphatic carboxylic acids is 1. The van der Waals surface area contributed by atoms with Crippen molar-refractivity contribution in [2.75, 3.05) is 13.7 Å². The van der Waals surface area contributed by atoms with E-state index in [0.29, 0.717) is 52.1 Å². The van der Waals surface area contributed by atoms with Crippen LogP contribution in [0.4, 0.5) is 0 Å². The molecule has 2 N–H and O–H groups in total. The van der Waals surface area contributed by atoms with Crippen molar-refractivity contribution < 1.29 is 28.9 Å². The number of amides is 1. The minimum Gasteiger partial charge on any atom is -0.496 e. The van der Waals surface area contributed by atoms with Crippen molar-refractivity contribution in [3.63, 3.8) is 0 Å². The second kappa shape index (κ2) is 10.9. The number of benzene rings is 3. The minimum absolute atomic E-state index is 0.195. The molecular weight excluding hydrogens is 493 g/mol. The first kappa shape index (κ1) is 24.7. The summed E-state index contributed by atoms with van der Waals surface area (Å²) in [5.41, 5.74) is 1.27. The Bertz CT molecular complexity index is 1230. The summed E-state index contributed by atoms with van der Waals surface area (Å²) >= 11 is 12.0.